The van der Waals surface area contributed by atoms with Crippen LogP contribution in [0.15, 0.2) is 132 Å². The van der Waals surface area contributed by atoms with Crippen molar-refractivity contribution in [3.05, 3.63) is 160 Å². The molecule has 9 heteroatoms. The minimum absolute atomic E-state index is 0.102. The summed E-state index contributed by atoms with van der Waals surface area (Å²) < 4.78 is 5.46. The van der Waals surface area contributed by atoms with Gasteiger partial charge in [0, 0.05) is 27.2 Å². The third-order valence-electron chi connectivity index (χ3n) is 7.46. The molecule has 3 N–H and O–H groups in total. The van der Waals surface area contributed by atoms with Gasteiger partial charge in [0.1, 0.15) is 16.7 Å². The predicted molar refractivity (Wildman–Crippen MR) is 195 cm³/mol. The average molecular weight is 676 g/mol. The molecule has 0 aliphatic heterocycles. The van der Waals surface area contributed by atoms with Crippen molar-refractivity contribution < 1.29 is 19.1 Å². The van der Waals surface area contributed by atoms with E-state index < -0.39 is 17.1 Å². The fourth-order valence-corrected chi connectivity index (χ4v) is 6.01. The molecule has 0 aliphatic rings. The molecule has 0 saturated heterocycles. The van der Waals surface area contributed by atoms with Crippen molar-refractivity contribution in [3.63, 3.8) is 0 Å². The number of hydrogen-bond acceptors (Lipinski definition) is 5. The zero-order valence-electron chi connectivity index (χ0n) is 26.6. The van der Waals surface area contributed by atoms with Gasteiger partial charge in [-0.25, -0.2) is 0 Å². The van der Waals surface area contributed by atoms with Crippen LogP contribution in [0, 0.1) is 13.8 Å². The summed E-state index contributed by atoms with van der Waals surface area (Å²) >= 11 is 7.65. The van der Waals surface area contributed by atoms with Crippen LogP contribution in [0.3, 0.4) is 0 Å². The lowest BCUT2D eigenvalue weighted by Gasteiger charge is -2.19. The van der Waals surface area contributed by atoms with Crippen LogP contribution in [0.25, 0.3) is 6.08 Å². The number of rotatable bonds is 11. The van der Waals surface area contributed by atoms with Gasteiger partial charge < -0.3 is 20.7 Å². The predicted octanol–water partition coefficient (Wildman–Crippen LogP) is 8.85. The molecular formula is C39H34ClN3O4S. The molecule has 0 fully saturated rings. The number of anilines is 2. The smallest absolute Gasteiger partial charge is 0.272 e. The van der Waals surface area contributed by atoms with Crippen LogP contribution in [0.2, 0.25) is 5.02 Å². The number of ether oxygens (including phenoxy) is 1. The second-order valence-corrected chi connectivity index (χ2v) is 12.5. The van der Waals surface area contributed by atoms with Crippen molar-refractivity contribution in [2.45, 2.75) is 24.0 Å². The van der Waals surface area contributed by atoms with Gasteiger partial charge in [0.15, 0.2) is 0 Å². The van der Waals surface area contributed by atoms with E-state index in [1.165, 1.54) is 18.9 Å². The van der Waals surface area contributed by atoms with Gasteiger partial charge in [-0.15, -0.1) is 11.8 Å². The highest BCUT2D eigenvalue weighted by molar-refractivity contribution is 8.00. The third-order valence-corrected chi connectivity index (χ3v) is 9.14. The highest BCUT2D eigenvalue weighted by atomic mass is 35.5. The number of hydrogen-bond donors (Lipinski definition) is 3. The van der Waals surface area contributed by atoms with E-state index in [-0.39, 0.29) is 11.6 Å². The van der Waals surface area contributed by atoms with E-state index in [1.807, 2.05) is 86.6 Å². The van der Waals surface area contributed by atoms with Crippen molar-refractivity contribution in [1.29, 1.82) is 0 Å². The maximum atomic E-state index is 13.7. The van der Waals surface area contributed by atoms with E-state index in [1.54, 1.807) is 54.6 Å². The summed E-state index contributed by atoms with van der Waals surface area (Å²) in [6, 6.07) is 36.5. The number of benzene rings is 5. The quantitative estimate of drug-likeness (QED) is 0.0960. The Hall–Kier alpha value is -5.31. The first-order valence-electron chi connectivity index (χ1n) is 15.1. The lowest BCUT2D eigenvalue weighted by Crippen LogP contribution is -2.30. The molecule has 3 amide bonds. The summed E-state index contributed by atoms with van der Waals surface area (Å²) in [5.41, 5.74) is 4.98. The van der Waals surface area contributed by atoms with Crippen molar-refractivity contribution in [2.75, 3.05) is 17.7 Å². The summed E-state index contributed by atoms with van der Waals surface area (Å²) in [6.07, 6.45) is 1.66. The van der Waals surface area contributed by atoms with E-state index in [0.29, 0.717) is 27.7 Å². The second-order valence-electron chi connectivity index (χ2n) is 10.9. The number of methoxy groups -OCH3 is 1. The molecule has 0 heterocycles. The standard InChI is InChI=1S/C39H34ClN3O4S/c1-25-12-10-11-17-29(25)23-34(43-37(44)28-15-8-5-9-16-28)38(45)41-30-18-20-31(21-19-30)48-36(27-13-6-4-7-14-27)39(46)42-33-22-26(2)32(40)24-35(33)47-3/h4-24,36H,1-3H3,(H,41,45)(H,42,46)(H,43,44)/b34-23-. The summed E-state index contributed by atoms with van der Waals surface area (Å²) in [5.74, 6) is -0.638. The van der Waals surface area contributed by atoms with E-state index in [9.17, 15) is 14.4 Å². The Morgan fingerprint density at radius 2 is 1.42 bits per heavy atom. The molecule has 48 heavy (non-hydrogen) atoms. The van der Waals surface area contributed by atoms with Gasteiger partial charge in [0.25, 0.3) is 11.8 Å². The van der Waals surface area contributed by atoms with Crippen molar-refractivity contribution >= 4 is 58.5 Å². The number of nitrogens with one attached hydrogen (secondary N) is 3. The number of carbonyl (C=O) groups is 3. The fourth-order valence-electron chi connectivity index (χ4n) is 4.83. The Bertz CT molecular complexity index is 1950. The number of aryl methyl sites for hydroxylation is 2. The Labute approximate surface area is 289 Å². The van der Waals surface area contributed by atoms with E-state index in [0.717, 1.165) is 27.1 Å². The molecule has 0 spiro atoms. The normalized spacial score (nSPS) is 11.7. The zero-order chi connectivity index (χ0) is 34.0. The van der Waals surface area contributed by atoms with Gasteiger partial charge in [-0.05, 0) is 84.6 Å². The molecular weight excluding hydrogens is 642 g/mol. The lowest BCUT2D eigenvalue weighted by molar-refractivity contribution is -0.116. The molecule has 0 radical (unpaired) electrons. The number of thioether (sulfide) groups is 1. The molecule has 5 aromatic rings. The molecule has 0 aromatic heterocycles. The van der Waals surface area contributed by atoms with Crippen LogP contribution >= 0.6 is 23.4 Å². The van der Waals surface area contributed by atoms with E-state index in [2.05, 4.69) is 16.0 Å². The highest BCUT2D eigenvalue weighted by Gasteiger charge is 2.24. The minimum atomic E-state index is -0.593. The lowest BCUT2D eigenvalue weighted by atomic mass is 10.1. The molecule has 242 valence electrons. The Balaban J connectivity index is 1.35. The van der Waals surface area contributed by atoms with Gasteiger partial charge in [0.2, 0.25) is 5.91 Å². The largest absolute Gasteiger partial charge is 0.495 e. The summed E-state index contributed by atoms with van der Waals surface area (Å²) in [5, 5.41) is 8.63. The third kappa shape index (κ3) is 8.73. The first-order valence-corrected chi connectivity index (χ1v) is 16.4. The highest BCUT2D eigenvalue weighted by Crippen LogP contribution is 2.38. The Kier molecular flexibility index (Phi) is 11.3. The van der Waals surface area contributed by atoms with Gasteiger partial charge >= 0.3 is 0 Å². The van der Waals surface area contributed by atoms with Gasteiger partial charge in [-0.2, -0.15) is 0 Å². The maximum absolute atomic E-state index is 13.7. The van der Waals surface area contributed by atoms with Crippen LogP contribution in [0.1, 0.15) is 37.9 Å². The zero-order valence-corrected chi connectivity index (χ0v) is 28.2. The monoisotopic (exact) mass is 675 g/mol. The second kappa shape index (κ2) is 16.0. The van der Waals surface area contributed by atoms with E-state index >= 15 is 0 Å². The molecule has 0 saturated carbocycles. The van der Waals surface area contributed by atoms with Crippen molar-refractivity contribution in [2.24, 2.45) is 0 Å². The van der Waals surface area contributed by atoms with Crippen LogP contribution in [0.5, 0.6) is 5.75 Å². The molecule has 5 rings (SSSR count). The van der Waals surface area contributed by atoms with E-state index in [4.69, 9.17) is 16.3 Å². The van der Waals surface area contributed by atoms with Gasteiger partial charge in [-0.1, -0.05) is 84.4 Å². The molecule has 7 nitrogen and oxygen atoms in total. The molecule has 1 unspecified atom stereocenters. The summed E-state index contributed by atoms with van der Waals surface area (Å²) in [7, 11) is 1.53. The molecule has 5 aromatic carbocycles. The van der Waals surface area contributed by atoms with Gasteiger partial charge in [0.05, 0.1) is 12.8 Å². The van der Waals surface area contributed by atoms with Gasteiger partial charge in [-0.3, -0.25) is 14.4 Å². The number of halogens is 1. The number of carbonyl (C=O) groups excluding carboxylic acids is 3. The fraction of sp³-hybridized carbons (Fsp3) is 0.103. The van der Waals surface area contributed by atoms with Crippen molar-refractivity contribution in [3.8, 4) is 5.75 Å². The average Bonchev–Trinajstić information content (AvgIpc) is 3.10. The maximum Gasteiger partial charge on any atom is 0.272 e. The number of amides is 3. The molecule has 0 bridgehead atoms. The summed E-state index contributed by atoms with van der Waals surface area (Å²) in [4.78, 5) is 41.1. The Morgan fingerprint density at radius 3 is 2.08 bits per heavy atom. The van der Waals surface area contributed by atoms with Crippen LogP contribution < -0.4 is 20.7 Å². The molecule has 1 atom stereocenters. The van der Waals surface area contributed by atoms with Crippen LogP contribution in [0.4, 0.5) is 11.4 Å². The molecule has 0 aliphatic carbocycles. The van der Waals surface area contributed by atoms with Crippen molar-refractivity contribution in [1.82, 2.24) is 5.32 Å². The first-order chi connectivity index (χ1) is 23.2. The SMILES string of the molecule is COc1cc(Cl)c(C)cc1NC(=O)C(Sc1ccc(NC(=O)/C(=C/c2ccccc2C)NC(=O)c2ccccc2)cc1)c1ccccc1. The Morgan fingerprint density at radius 1 is 0.771 bits per heavy atom. The first kappa shape index (κ1) is 34.0. The topological polar surface area (TPSA) is 96.5 Å². The van der Waals surface area contributed by atoms with Crippen LogP contribution in [-0.4, -0.2) is 24.8 Å². The summed E-state index contributed by atoms with van der Waals surface area (Å²) in [6.45, 7) is 3.80. The van der Waals surface area contributed by atoms with Crippen LogP contribution in [-0.2, 0) is 9.59 Å². The minimum Gasteiger partial charge on any atom is -0.495 e.